The third kappa shape index (κ3) is 3.04. The van der Waals surface area contributed by atoms with Gasteiger partial charge in [-0.1, -0.05) is 0 Å². The Morgan fingerprint density at radius 3 is 3.18 bits per heavy atom. The van der Waals surface area contributed by atoms with E-state index in [0.717, 1.165) is 30.8 Å². The van der Waals surface area contributed by atoms with Crippen LogP contribution >= 0.6 is 0 Å². The third-order valence-corrected chi connectivity index (χ3v) is 4.11. The van der Waals surface area contributed by atoms with Gasteiger partial charge in [-0.15, -0.1) is 0 Å². The monoisotopic (exact) mass is 304 g/mol. The maximum Gasteiger partial charge on any atom is 0.410 e. The zero-order valence-electron chi connectivity index (χ0n) is 12.6. The molecule has 118 valence electrons. The smallest absolute Gasteiger partial charge is 0.410 e. The van der Waals surface area contributed by atoms with Crippen LogP contribution in [0.3, 0.4) is 0 Å². The topological polar surface area (TPSA) is 83.6 Å². The van der Waals surface area contributed by atoms with Gasteiger partial charge in [-0.05, 0) is 36.6 Å². The highest BCUT2D eigenvalue weighted by Crippen LogP contribution is 2.20. The maximum absolute atomic E-state index is 12.0. The van der Waals surface area contributed by atoms with Crippen LogP contribution in [-0.4, -0.2) is 48.1 Å². The zero-order valence-corrected chi connectivity index (χ0v) is 12.6. The number of hydrogen-bond donors (Lipinski definition) is 2. The van der Waals surface area contributed by atoms with Gasteiger partial charge in [-0.2, -0.15) is 0 Å². The highest BCUT2D eigenvalue weighted by atomic mass is 16.6. The molecule has 7 nitrogen and oxygen atoms in total. The van der Waals surface area contributed by atoms with Crippen molar-refractivity contribution in [2.24, 2.45) is 0 Å². The van der Waals surface area contributed by atoms with Gasteiger partial charge >= 0.3 is 6.09 Å². The number of fused-ring (bicyclic) bond motifs is 1. The summed E-state index contributed by atoms with van der Waals surface area (Å²) in [7, 11) is 0. The van der Waals surface area contributed by atoms with Crippen LogP contribution in [0.5, 0.6) is 0 Å². The van der Waals surface area contributed by atoms with Crippen molar-refractivity contribution in [2.45, 2.75) is 26.4 Å². The lowest BCUT2D eigenvalue weighted by molar-refractivity contribution is -0.121. The van der Waals surface area contributed by atoms with Gasteiger partial charge in [0.15, 0.2) is 0 Å². The highest BCUT2D eigenvalue weighted by Gasteiger charge is 2.24. The molecule has 2 aliphatic rings. The van der Waals surface area contributed by atoms with Gasteiger partial charge in [-0.25, -0.2) is 4.79 Å². The molecule has 2 aliphatic heterocycles. The first-order valence-corrected chi connectivity index (χ1v) is 7.50. The lowest BCUT2D eigenvalue weighted by Crippen LogP contribution is -2.38. The van der Waals surface area contributed by atoms with Gasteiger partial charge in [-0.3, -0.25) is 14.7 Å². The Kier molecular flexibility index (Phi) is 4.24. The molecule has 0 spiro atoms. The summed E-state index contributed by atoms with van der Waals surface area (Å²) in [5.41, 5.74) is 4.52. The van der Waals surface area contributed by atoms with Crippen molar-refractivity contribution in [2.75, 3.05) is 26.2 Å². The van der Waals surface area contributed by atoms with Crippen LogP contribution in [-0.2, 0) is 29.0 Å². The van der Waals surface area contributed by atoms with E-state index in [2.05, 4.69) is 15.6 Å². The summed E-state index contributed by atoms with van der Waals surface area (Å²) in [6.45, 7) is 5.04. The minimum Gasteiger partial charge on any atom is -0.448 e. The molecule has 0 saturated carbocycles. The van der Waals surface area contributed by atoms with Crippen molar-refractivity contribution in [3.63, 3.8) is 0 Å². The molecule has 0 unspecified atom stereocenters. The molecule has 3 rings (SSSR count). The van der Waals surface area contributed by atoms with Crippen LogP contribution in [0, 0.1) is 6.92 Å². The van der Waals surface area contributed by atoms with E-state index in [1.165, 1.54) is 16.0 Å². The second-order valence-corrected chi connectivity index (χ2v) is 5.57. The predicted octanol–water partition coefficient (Wildman–Crippen LogP) is 0.104. The lowest BCUT2D eigenvalue weighted by atomic mass is 9.96. The number of hydrogen-bond acceptors (Lipinski definition) is 5. The summed E-state index contributed by atoms with van der Waals surface area (Å²) in [5.74, 6) is -0.176. The Balaban J connectivity index is 1.63. The minimum atomic E-state index is -0.420. The van der Waals surface area contributed by atoms with Gasteiger partial charge in [0.1, 0.15) is 13.2 Å². The first-order chi connectivity index (χ1) is 10.6. The zero-order chi connectivity index (χ0) is 15.5. The molecule has 0 aliphatic carbocycles. The van der Waals surface area contributed by atoms with Gasteiger partial charge in [0.05, 0.1) is 6.54 Å². The molecule has 2 N–H and O–H groups in total. The van der Waals surface area contributed by atoms with E-state index in [1.54, 1.807) is 0 Å². The van der Waals surface area contributed by atoms with E-state index < -0.39 is 6.09 Å². The Hall–Kier alpha value is -2.15. The van der Waals surface area contributed by atoms with Crippen LogP contribution in [0.2, 0.25) is 0 Å². The second kappa shape index (κ2) is 6.31. The van der Waals surface area contributed by atoms with E-state index in [-0.39, 0.29) is 12.5 Å². The number of amides is 2. The summed E-state index contributed by atoms with van der Waals surface area (Å²) < 4.78 is 4.81. The normalized spacial score (nSPS) is 17.1. The van der Waals surface area contributed by atoms with Crippen LogP contribution < -0.4 is 10.6 Å². The summed E-state index contributed by atoms with van der Waals surface area (Å²) in [6, 6.07) is 0. The molecule has 1 aromatic heterocycles. The Bertz CT molecular complexity index is 603. The SMILES string of the molecule is Cc1ncc2c(c1CNC(=O)CN1CCOC1=O)CCNC2. The molecule has 1 saturated heterocycles. The number of carbonyl (C=O) groups is 2. The number of nitrogens with one attached hydrogen (secondary N) is 2. The van der Waals surface area contributed by atoms with Gasteiger partial charge in [0.25, 0.3) is 0 Å². The Morgan fingerprint density at radius 2 is 2.41 bits per heavy atom. The lowest BCUT2D eigenvalue weighted by Gasteiger charge is -2.22. The molecule has 1 fully saturated rings. The molecule has 1 aromatic rings. The first-order valence-electron chi connectivity index (χ1n) is 7.50. The number of pyridine rings is 1. The van der Waals surface area contributed by atoms with Crippen molar-refractivity contribution in [1.29, 1.82) is 0 Å². The average Bonchev–Trinajstić information content (AvgIpc) is 2.91. The number of aromatic nitrogens is 1. The molecule has 0 bridgehead atoms. The molecule has 0 atom stereocenters. The maximum atomic E-state index is 12.0. The molecule has 2 amide bonds. The Morgan fingerprint density at radius 1 is 1.55 bits per heavy atom. The summed E-state index contributed by atoms with van der Waals surface area (Å²) in [5, 5.41) is 6.21. The molecular formula is C15H20N4O3. The molecule has 0 radical (unpaired) electrons. The molecule has 0 aromatic carbocycles. The van der Waals surface area contributed by atoms with Gasteiger partial charge in [0, 0.05) is 25.0 Å². The van der Waals surface area contributed by atoms with Crippen molar-refractivity contribution < 1.29 is 14.3 Å². The molecule has 22 heavy (non-hydrogen) atoms. The number of aryl methyl sites for hydroxylation is 1. The Labute approximate surface area is 129 Å². The van der Waals surface area contributed by atoms with E-state index in [9.17, 15) is 9.59 Å². The number of ether oxygens (including phenoxy) is 1. The van der Waals surface area contributed by atoms with Crippen molar-refractivity contribution in [3.05, 3.63) is 28.6 Å². The van der Waals surface area contributed by atoms with Crippen LogP contribution in [0.1, 0.15) is 22.4 Å². The van der Waals surface area contributed by atoms with E-state index >= 15 is 0 Å². The van der Waals surface area contributed by atoms with Crippen LogP contribution in [0.25, 0.3) is 0 Å². The van der Waals surface area contributed by atoms with E-state index in [1.807, 2.05) is 13.1 Å². The number of nitrogens with zero attached hydrogens (tertiary/aromatic N) is 2. The van der Waals surface area contributed by atoms with Crippen LogP contribution in [0.15, 0.2) is 6.20 Å². The standard InChI is InChI=1S/C15H20N4O3/c1-10-13(12-2-3-16-6-11(12)7-17-10)8-18-14(20)9-19-4-5-22-15(19)21/h7,16H,2-6,8-9H2,1H3,(H,18,20). The highest BCUT2D eigenvalue weighted by molar-refractivity contribution is 5.82. The fraction of sp³-hybridized carbons (Fsp3) is 0.533. The quantitative estimate of drug-likeness (QED) is 0.824. The van der Waals surface area contributed by atoms with Crippen molar-refractivity contribution >= 4 is 12.0 Å². The number of cyclic esters (lactones) is 1. The first kappa shape index (κ1) is 14.8. The largest absolute Gasteiger partial charge is 0.448 e. The van der Waals surface area contributed by atoms with Crippen LogP contribution in [0.4, 0.5) is 4.79 Å². The van der Waals surface area contributed by atoms with E-state index in [0.29, 0.717) is 19.7 Å². The number of rotatable bonds is 4. The van der Waals surface area contributed by atoms with E-state index in [4.69, 9.17) is 4.74 Å². The van der Waals surface area contributed by atoms with Gasteiger partial charge < -0.3 is 15.4 Å². The fourth-order valence-electron chi connectivity index (χ4n) is 2.86. The van der Waals surface area contributed by atoms with Crippen molar-refractivity contribution in [1.82, 2.24) is 20.5 Å². The average molecular weight is 304 g/mol. The third-order valence-electron chi connectivity index (χ3n) is 4.11. The fourth-order valence-corrected chi connectivity index (χ4v) is 2.86. The minimum absolute atomic E-state index is 0.0435. The summed E-state index contributed by atoms with van der Waals surface area (Å²) in [6.07, 6.45) is 2.43. The molecule has 3 heterocycles. The van der Waals surface area contributed by atoms with Crippen molar-refractivity contribution in [3.8, 4) is 0 Å². The molecular weight excluding hydrogens is 284 g/mol. The summed E-state index contributed by atoms with van der Waals surface area (Å²) in [4.78, 5) is 29.2. The van der Waals surface area contributed by atoms with Gasteiger partial charge in [0.2, 0.25) is 5.91 Å². The number of carbonyl (C=O) groups excluding carboxylic acids is 2. The predicted molar refractivity (Wildman–Crippen MR) is 79.2 cm³/mol. The second-order valence-electron chi connectivity index (χ2n) is 5.57. The summed E-state index contributed by atoms with van der Waals surface area (Å²) >= 11 is 0. The molecule has 7 heteroatoms.